The van der Waals surface area contributed by atoms with E-state index in [0.717, 1.165) is 22.9 Å². The number of aliphatic hydroxyl groups excluding tert-OH is 1. The van der Waals surface area contributed by atoms with Crippen molar-refractivity contribution in [3.8, 4) is 0 Å². The van der Waals surface area contributed by atoms with E-state index >= 15 is 0 Å². The Hall–Kier alpha value is -0.380. The smallest absolute Gasteiger partial charge is 0.0621 e. The first-order valence-electron chi connectivity index (χ1n) is 8.33. The molecule has 1 aromatic rings. The predicted octanol–water partition coefficient (Wildman–Crippen LogP) is 4.99. The average Bonchev–Trinajstić information content (AvgIpc) is 2.49. The fourth-order valence-electron chi connectivity index (χ4n) is 2.78. The number of nitrogens with two attached hydrogens (primary N) is 1. The molecule has 0 radical (unpaired) electrons. The molecule has 2 atom stereocenters. The quantitative estimate of drug-likeness (QED) is 0.549. The lowest BCUT2D eigenvalue weighted by Gasteiger charge is -2.23. The zero-order valence-electron chi connectivity index (χ0n) is 13.2. The molecular weight excluding hydrogens is 326 g/mol. The predicted molar refractivity (Wildman–Crippen MR) is 94.6 cm³/mol. The Labute approximate surface area is 138 Å². The molecule has 2 unspecified atom stereocenters. The summed E-state index contributed by atoms with van der Waals surface area (Å²) in [5.41, 5.74) is 7.00. The van der Waals surface area contributed by atoms with Crippen molar-refractivity contribution in [2.45, 2.75) is 70.3 Å². The topological polar surface area (TPSA) is 46.2 Å². The van der Waals surface area contributed by atoms with Gasteiger partial charge in [0, 0.05) is 16.9 Å². The van der Waals surface area contributed by atoms with E-state index in [0.29, 0.717) is 6.54 Å². The number of hydrogen-bond acceptors (Lipinski definition) is 2. The molecule has 2 nitrogen and oxygen atoms in total. The molecule has 0 saturated heterocycles. The third-order valence-corrected chi connectivity index (χ3v) is 4.85. The minimum atomic E-state index is -0.343. The molecule has 120 valence electrons. The van der Waals surface area contributed by atoms with Gasteiger partial charge in [0.15, 0.2) is 0 Å². The van der Waals surface area contributed by atoms with Gasteiger partial charge in [-0.1, -0.05) is 86.0 Å². The van der Waals surface area contributed by atoms with Crippen LogP contribution in [-0.2, 0) is 0 Å². The van der Waals surface area contributed by atoms with Crippen LogP contribution in [0.2, 0.25) is 0 Å². The van der Waals surface area contributed by atoms with E-state index in [9.17, 15) is 5.11 Å². The first-order chi connectivity index (χ1) is 10.2. The monoisotopic (exact) mass is 355 g/mol. The van der Waals surface area contributed by atoms with Gasteiger partial charge in [-0.25, -0.2) is 0 Å². The van der Waals surface area contributed by atoms with Crippen LogP contribution in [0.4, 0.5) is 0 Å². The van der Waals surface area contributed by atoms with E-state index in [1.807, 2.05) is 18.2 Å². The molecule has 0 spiro atoms. The summed E-state index contributed by atoms with van der Waals surface area (Å²) in [5, 5.41) is 10.4. The summed E-state index contributed by atoms with van der Waals surface area (Å²) in [4.78, 5) is 0. The molecule has 1 rings (SSSR count). The number of hydrogen-bond donors (Lipinski definition) is 2. The van der Waals surface area contributed by atoms with Crippen LogP contribution < -0.4 is 5.73 Å². The summed E-state index contributed by atoms with van der Waals surface area (Å²) < 4.78 is 1.04. The van der Waals surface area contributed by atoms with E-state index in [1.165, 1.54) is 38.5 Å². The Kier molecular flexibility index (Phi) is 9.98. The van der Waals surface area contributed by atoms with Crippen LogP contribution in [0.25, 0.3) is 0 Å². The van der Waals surface area contributed by atoms with Gasteiger partial charge in [-0.15, -0.1) is 0 Å². The second-order valence-corrected chi connectivity index (χ2v) is 6.70. The van der Waals surface area contributed by atoms with Crippen molar-refractivity contribution in [3.05, 3.63) is 34.3 Å². The van der Waals surface area contributed by atoms with Crippen LogP contribution in [-0.4, -0.2) is 17.8 Å². The van der Waals surface area contributed by atoms with Crippen LogP contribution in [0.5, 0.6) is 0 Å². The van der Waals surface area contributed by atoms with Gasteiger partial charge in [0.1, 0.15) is 0 Å². The van der Waals surface area contributed by atoms with Crippen molar-refractivity contribution in [2.75, 3.05) is 6.54 Å². The SMILES string of the molecule is CCCCCCCCCC(O)C(CN)c1ccccc1Br. The molecule has 0 fully saturated rings. The first-order valence-corrected chi connectivity index (χ1v) is 9.12. The Balaban J connectivity index is 2.32. The molecule has 0 aliphatic rings. The fourth-order valence-corrected chi connectivity index (χ4v) is 3.36. The highest BCUT2D eigenvalue weighted by Crippen LogP contribution is 2.28. The van der Waals surface area contributed by atoms with Crippen molar-refractivity contribution < 1.29 is 5.11 Å². The molecule has 0 aliphatic carbocycles. The van der Waals surface area contributed by atoms with Crippen LogP contribution >= 0.6 is 15.9 Å². The van der Waals surface area contributed by atoms with E-state index in [4.69, 9.17) is 5.73 Å². The normalized spacial score (nSPS) is 14.1. The zero-order valence-corrected chi connectivity index (χ0v) is 14.8. The molecule has 3 N–H and O–H groups in total. The Bertz CT molecular complexity index is 383. The molecular formula is C18H30BrNO. The molecule has 3 heteroatoms. The third kappa shape index (κ3) is 6.94. The second-order valence-electron chi connectivity index (χ2n) is 5.84. The van der Waals surface area contributed by atoms with Crippen LogP contribution in [0, 0.1) is 0 Å². The van der Waals surface area contributed by atoms with Gasteiger partial charge >= 0.3 is 0 Å². The van der Waals surface area contributed by atoms with Crippen LogP contribution in [0.1, 0.15) is 69.8 Å². The lowest BCUT2D eigenvalue weighted by atomic mass is 9.90. The van der Waals surface area contributed by atoms with Crippen molar-refractivity contribution in [2.24, 2.45) is 5.73 Å². The summed E-state index contributed by atoms with van der Waals surface area (Å²) in [6, 6.07) is 8.06. The molecule has 0 heterocycles. The summed E-state index contributed by atoms with van der Waals surface area (Å²) in [6.45, 7) is 2.73. The highest BCUT2D eigenvalue weighted by molar-refractivity contribution is 9.10. The first kappa shape index (κ1) is 18.7. The van der Waals surface area contributed by atoms with Gasteiger partial charge in [0.2, 0.25) is 0 Å². The van der Waals surface area contributed by atoms with Gasteiger partial charge < -0.3 is 10.8 Å². The summed E-state index contributed by atoms with van der Waals surface area (Å²) >= 11 is 3.56. The number of halogens is 1. The van der Waals surface area contributed by atoms with E-state index < -0.39 is 0 Å². The number of rotatable bonds is 11. The number of unbranched alkanes of at least 4 members (excludes halogenated alkanes) is 6. The van der Waals surface area contributed by atoms with Crippen molar-refractivity contribution >= 4 is 15.9 Å². The Morgan fingerprint density at radius 2 is 1.67 bits per heavy atom. The summed E-state index contributed by atoms with van der Waals surface area (Å²) in [7, 11) is 0. The van der Waals surface area contributed by atoms with Crippen LogP contribution in [0.15, 0.2) is 28.7 Å². The fraction of sp³-hybridized carbons (Fsp3) is 0.667. The maximum absolute atomic E-state index is 10.4. The highest BCUT2D eigenvalue weighted by Gasteiger charge is 2.21. The van der Waals surface area contributed by atoms with Crippen molar-refractivity contribution in [1.29, 1.82) is 0 Å². The maximum atomic E-state index is 10.4. The van der Waals surface area contributed by atoms with Gasteiger partial charge in [0.25, 0.3) is 0 Å². The molecule has 0 aliphatic heterocycles. The molecule has 21 heavy (non-hydrogen) atoms. The minimum Gasteiger partial charge on any atom is -0.392 e. The van der Waals surface area contributed by atoms with Gasteiger partial charge in [-0.2, -0.15) is 0 Å². The van der Waals surface area contributed by atoms with E-state index in [-0.39, 0.29) is 12.0 Å². The second kappa shape index (κ2) is 11.2. The molecule has 1 aromatic carbocycles. The number of aliphatic hydroxyl groups is 1. The van der Waals surface area contributed by atoms with E-state index in [2.05, 4.69) is 28.9 Å². The molecule has 0 saturated carbocycles. The Morgan fingerprint density at radius 1 is 1.05 bits per heavy atom. The highest BCUT2D eigenvalue weighted by atomic mass is 79.9. The van der Waals surface area contributed by atoms with Crippen molar-refractivity contribution in [3.63, 3.8) is 0 Å². The molecule has 0 aromatic heterocycles. The summed E-state index contributed by atoms with van der Waals surface area (Å²) in [6.07, 6.45) is 9.41. The lowest BCUT2D eigenvalue weighted by molar-refractivity contribution is 0.132. The van der Waals surface area contributed by atoms with Crippen molar-refractivity contribution in [1.82, 2.24) is 0 Å². The summed E-state index contributed by atoms with van der Waals surface area (Å²) in [5.74, 6) is 0.0284. The van der Waals surface area contributed by atoms with E-state index in [1.54, 1.807) is 0 Å². The van der Waals surface area contributed by atoms with Gasteiger partial charge in [-0.05, 0) is 18.1 Å². The largest absolute Gasteiger partial charge is 0.392 e. The van der Waals surface area contributed by atoms with Crippen LogP contribution in [0.3, 0.4) is 0 Å². The molecule has 0 bridgehead atoms. The minimum absolute atomic E-state index is 0.0284. The van der Waals surface area contributed by atoms with Gasteiger partial charge in [0.05, 0.1) is 6.10 Å². The lowest BCUT2D eigenvalue weighted by Crippen LogP contribution is -2.26. The maximum Gasteiger partial charge on any atom is 0.0621 e. The van der Waals surface area contributed by atoms with Gasteiger partial charge in [-0.3, -0.25) is 0 Å². The Morgan fingerprint density at radius 3 is 2.29 bits per heavy atom. The average molecular weight is 356 g/mol. The molecule has 0 amide bonds. The zero-order chi connectivity index (χ0) is 15.5. The standard InChI is InChI=1S/C18H30BrNO/c1-2-3-4-5-6-7-8-13-18(21)16(14-20)15-11-9-10-12-17(15)19/h9-12,16,18,21H,2-8,13-14,20H2,1H3. The number of benzene rings is 1. The third-order valence-electron chi connectivity index (χ3n) is 4.13.